The number of aromatic nitrogens is 1. The van der Waals surface area contributed by atoms with Gasteiger partial charge in [0.05, 0.1) is 11.8 Å². The number of hydrogen-bond acceptors (Lipinski definition) is 5. The van der Waals surface area contributed by atoms with Crippen LogP contribution in [0.1, 0.15) is 70.8 Å². The van der Waals surface area contributed by atoms with Gasteiger partial charge in [0.1, 0.15) is 0 Å². The summed E-state index contributed by atoms with van der Waals surface area (Å²) in [6.07, 6.45) is 14.5. The molecule has 3 saturated carbocycles. The maximum Gasteiger partial charge on any atom is 0.261 e. The van der Waals surface area contributed by atoms with Gasteiger partial charge in [-0.2, -0.15) is 0 Å². The molecule has 0 aliphatic heterocycles. The molecule has 0 radical (unpaired) electrons. The predicted octanol–water partition coefficient (Wildman–Crippen LogP) is 4.39. The summed E-state index contributed by atoms with van der Waals surface area (Å²) >= 11 is 0. The van der Waals surface area contributed by atoms with E-state index in [0.29, 0.717) is 18.4 Å². The largest absolute Gasteiger partial charge is 0.393 e. The Hall–Kier alpha value is -2.21. The summed E-state index contributed by atoms with van der Waals surface area (Å²) in [6.45, 7) is 5.20. The molecule has 0 spiro atoms. The lowest BCUT2D eigenvalue weighted by molar-refractivity contribution is -0.125. The first-order valence-electron chi connectivity index (χ1n) is 12.6. The number of carbonyl (C=O) groups is 1. The van der Waals surface area contributed by atoms with Crippen LogP contribution in [0.15, 0.2) is 41.3 Å². The van der Waals surface area contributed by atoms with E-state index in [-0.39, 0.29) is 29.4 Å². The summed E-state index contributed by atoms with van der Waals surface area (Å²) in [5.74, 6) is 1.95. The fraction of sp³-hybridized carbons (Fsp3) is 0.667. The number of fused-ring (bicyclic) bond motifs is 5. The van der Waals surface area contributed by atoms with E-state index in [1.165, 1.54) is 24.8 Å². The minimum Gasteiger partial charge on any atom is -0.393 e. The Morgan fingerprint density at radius 3 is 2.79 bits per heavy atom. The minimum absolute atomic E-state index is 0.0671. The van der Waals surface area contributed by atoms with Gasteiger partial charge in [-0.3, -0.25) is 9.78 Å². The van der Waals surface area contributed by atoms with Crippen LogP contribution in [0.5, 0.6) is 0 Å². The average molecular weight is 452 g/mol. The fourth-order valence-corrected chi connectivity index (χ4v) is 7.54. The molecule has 1 aromatic heterocycles. The summed E-state index contributed by atoms with van der Waals surface area (Å²) in [7, 11) is 0. The Labute approximate surface area is 196 Å². The molecular weight excluding hydrogens is 414 g/mol. The van der Waals surface area contributed by atoms with Crippen molar-refractivity contribution >= 4 is 11.6 Å². The smallest absolute Gasteiger partial charge is 0.261 e. The van der Waals surface area contributed by atoms with E-state index in [9.17, 15) is 9.90 Å². The van der Waals surface area contributed by atoms with Crippen molar-refractivity contribution in [2.45, 2.75) is 77.9 Å². The van der Waals surface area contributed by atoms with Crippen LogP contribution in [0.2, 0.25) is 0 Å². The highest BCUT2D eigenvalue weighted by Crippen LogP contribution is 2.65. The second-order valence-electron chi connectivity index (χ2n) is 11.1. The molecule has 6 atom stereocenters. The normalized spacial score (nSPS) is 38.6. The van der Waals surface area contributed by atoms with Crippen LogP contribution in [0.3, 0.4) is 0 Å². The highest BCUT2D eigenvalue weighted by Gasteiger charge is 2.58. The van der Waals surface area contributed by atoms with Gasteiger partial charge in [0.15, 0.2) is 6.61 Å². The first kappa shape index (κ1) is 22.6. The second-order valence-corrected chi connectivity index (χ2v) is 11.1. The molecule has 5 rings (SSSR count). The Kier molecular flexibility index (Phi) is 6.06. The number of pyridine rings is 1. The molecule has 1 amide bonds. The number of nitrogens with zero attached hydrogens (tertiary/aromatic N) is 2. The van der Waals surface area contributed by atoms with Crippen LogP contribution >= 0.6 is 0 Å². The second kappa shape index (κ2) is 8.86. The van der Waals surface area contributed by atoms with Gasteiger partial charge in [-0.1, -0.05) is 24.6 Å². The molecule has 178 valence electrons. The molecule has 6 heteroatoms. The molecule has 33 heavy (non-hydrogen) atoms. The van der Waals surface area contributed by atoms with Gasteiger partial charge in [0.25, 0.3) is 5.91 Å². The lowest BCUT2D eigenvalue weighted by atomic mass is 9.47. The molecule has 4 aliphatic rings. The number of aliphatic hydroxyl groups excluding tert-OH is 1. The highest BCUT2D eigenvalue weighted by atomic mass is 16.6. The van der Waals surface area contributed by atoms with Crippen LogP contribution in [0.25, 0.3) is 0 Å². The van der Waals surface area contributed by atoms with Crippen LogP contribution in [0.4, 0.5) is 0 Å². The summed E-state index contributed by atoms with van der Waals surface area (Å²) in [6, 6.07) is 3.76. The predicted molar refractivity (Wildman–Crippen MR) is 127 cm³/mol. The maximum atomic E-state index is 12.1. The van der Waals surface area contributed by atoms with Crippen molar-refractivity contribution in [3.8, 4) is 0 Å². The molecule has 0 aromatic carbocycles. The number of aliphatic hydroxyl groups is 1. The third kappa shape index (κ3) is 4.11. The first-order valence-corrected chi connectivity index (χ1v) is 12.6. The van der Waals surface area contributed by atoms with Gasteiger partial charge in [-0.05, 0) is 104 Å². The van der Waals surface area contributed by atoms with E-state index < -0.39 is 0 Å². The number of hydrogen-bond donors (Lipinski definition) is 2. The molecule has 2 N–H and O–H groups in total. The Bertz CT molecular complexity index is 945. The van der Waals surface area contributed by atoms with Crippen molar-refractivity contribution in [1.29, 1.82) is 0 Å². The van der Waals surface area contributed by atoms with Gasteiger partial charge in [-0.25, -0.2) is 0 Å². The van der Waals surface area contributed by atoms with Gasteiger partial charge in [0.2, 0.25) is 0 Å². The lowest BCUT2D eigenvalue weighted by Crippen LogP contribution is -2.51. The van der Waals surface area contributed by atoms with Crippen LogP contribution < -0.4 is 5.32 Å². The summed E-state index contributed by atoms with van der Waals surface area (Å²) in [5, 5.41) is 17.8. The zero-order valence-corrected chi connectivity index (χ0v) is 19.9. The zero-order chi connectivity index (χ0) is 23.1. The first-order chi connectivity index (χ1) is 15.9. The van der Waals surface area contributed by atoms with E-state index in [0.717, 1.165) is 49.3 Å². The SMILES string of the molecule is C[C@]12CC[C@@H]3[C@H](CCC4=C/C(=N/OCC(=O)NCc5ccncc5)CC[C@@]43C)[C@H]1CC[C@H]2O. The third-order valence-electron chi connectivity index (χ3n) is 9.54. The monoisotopic (exact) mass is 451 g/mol. The fourth-order valence-electron chi connectivity index (χ4n) is 7.54. The van der Waals surface area contributed by atoms with Crippen molar-refractivity contribution in [1.82, 2.24) is 10.3 Å². The van der Waals surface area contributed by atoms with Crippen molar-refractivity contribution in [2.75, 3.05) is 6.61 Å². The van der Waals surface area contributed by atoms with E-state index in [2.05, 4.69) is 35.4 Å². The molecule has 0 bridgehead atoms. The van der Waals surface area contributed by atoms with Crippen molar-refractivity contribution in [2.24, 2.45) is 33.7 Å². The van der Waals surface area contributed by atoms with E-state index >= 15 is 0 Å². The van der Waals surface area contributed by atoms with Gasteiger partial charge >= 0.3 is 0 Å². The van der Waals surface area contributed by atoms with Crippen molar-refractivity contribution in [3.63, 3.8) is 0 Å². The van der Waals surface area contributed by atoms with Crippen LogP contribution in [0, 0.1) is 28.6 Å². The van der Waals surface area contributed by atoms with Gasteiger partial charge in [0, 0.05) is 18.9 Å². The number of nitrogens with one attached hydrogen (secondary N) is 1. The summed E-state index contributed by atoms with van der Waals surface area (Å²) < 4.78 is 0. The molecule has 6 nitrogen and oxygen atoms in total. The molecule has 4 aliphatic carbocycles. The van der Waals surface area contributed by atoms with E-state index in [4.69, 9.17) is 4.84 Å². The van der Waals surface area contributed by atoms with Gasteiger partial charge in [-0.15, -0.1) is 0 Å². The van der Waals surface area contributed by atoms with Crippen molar-refractivity contribution < 1.29 is 14.7 Å². The van der Waals surface area contributed by atoms with Crippen LogP contribution in [-0.2, 0) is 16.2 Å². The number of carbonyl (C=O) groups excluding carboxylic acids is 1. The average Bonchev–Trinajstić information content (AvgIpc) is 3.13. The summed E-state index contributed by atoms with van der Waals surface area (Å²) in [5.41, 5.74) is 3.85. The molecule has 0 saturated heterocycles. The Morgan fingerprint density at radius 1 is 1.15 bits per heavy atom. The van der Waals surface area contributed by atoms with E-state index in [1.54, 1.807) is 12.4 Å². The van der Waals surface area contributed by atoms with Gasteiger partial charge < -0.3 is 15.3 Å². The van der Waals surface area contributed by atoms with Crippen molar-refractivity contribution in [3.05, 3.63) is 41.7 Å². The Morgan fingerprint density at radius 2 is 1.97 bits per heavy atom. The zero-order valence-electron chi connectivity index (χ0n) is 19.9. The molecule has 3 fully saturated rings. The quantitative estimate of drug-likeness (QED) is 0.650. The topological polar surface area (TPSA) is 83.8 Å². The molecular formula is C27H37N3O3. The number of allylic oxidation sites excluding steroid dienone is 2. The number of rotatable bonds is 5. The molecule has 0 unspecified atom stereocenters. The molecule has 1 aromatic rings. The lowest BCUT2D eigenvalue weighted by Gasteiger charge is -2.57. The number of oxime groups is 1. The van der Waals surface area contributed by atoms with Crippen LogP contribution in [-0.4, -0.2) is 34.4 Å². The maximum absolute atomic E-state index is 12.1. The highest BCUT2D eigenvalue weighted by molar-refractivity contribution is 5.96. The third-order valence-corrected chi connectivity index (χ3v) is 9.54. The Balaban J connectivity index is 1.19. The number of amides is 1. The summed E-state index contributed by atoms with van der Waals surface area (Å²) in [4.78, 5) is 21.5. The standard InChI is InChI=1S/C27H37N3O3/c1-26-11-7-20(30-33-17-25(32)29-16-18-9-13-28-14-10-18)15-19(26)3-4-21-22-5-6-24(31)27(22,2)12-8-23(21)26/h9-10,13-15,21-24,31H,3-8,11-12,16-17H2,1-2H3,(H,29,32)/b30-20+/t21-,22-,23-,24-,26+,27+/m1/s1. The minimum atomic E-state index is -0.172. The van der Waals surface area contributed by atoms with E-state index in [1.807, 2.05) is 12.1 Å². The molecule has 1 heterocycles.